The summed E-state index contributed by atoms with van der Waals surface area (Å²) in [4.78, 5) is 14.2. The van der Waals surface area contributed by atoms with Crippen LogP contribution < -0.4 is 4.90 Å². The summed E-state index contributed by atoms with van der Waals surface area (Å²) in [6, 6.07) is 6.30. The molecule has 0 saturated carbocycles. The van der Waals surface area contributed by atoms with Crippen LogP contribution >= 0.6 is 22.6 Å². The van der Waals surface area contributed by atoms with Gasteiger partial charge in [0.2, 0.25) is 5.91 Å². The second-order valence-corrected chi connectivity index (χ2v) is 6.38. The minimum absolute atomic E-state index is 0.204. The summed E-state index contributed by atoms with van der Waals surface area (Å²) in [5.41, 5.74) is 2.32. The van der Waals surface area contributed by atoms with Crippen molar-refractivity contribution in [3.63, 3.8) is 0 Å². The maximum absolute atomic E-state index is 12.3. The van der Waals surface area contributed by atoms with Crippen molar-refractivity contribution in [2.24, 2.45) is 0 Å². The van der Waals surface area contributed by atoms with E-state index in [2.05, 4.69) is 40.8 Å². The van der Waals surface area contributed by atoms with E-state index < -0.39 is 0 Å². The van der Waals surface area contributed by atoms with Gasteiger partial charge in [-0.1, -0.05) is 0 Å². The summed E-state index contributed by atoms with van der Waals surface area (Å²) in [5, 5.41) is 0. The first-order valence-electron chi connectivity index (χ1n) is 7.38. The first kappa shape index (κ1) is 16.7. The SMILES string of the molecule is COCCCOCCN1C(=O)CCCc2cc(I)ccc21. The molecule has 116 valence electrons. The predicted octanol–water partition coefficient (Wildman–Crippen LogP) is 3.01. The van der Waals surface area contributed by atoms with Crippen LogP contribution in [0.4, 0.5) is 5.69 Å². The Labute approximate surface area is 139 Å². The van der Waals surface area contributed by atoms with E-state index in [4.69, 9.17) is 9.47 Å². The van der Waals surface area contributed by atoms with Crippen LogP contribution in [0, 0.1) is 3.57 Å². The first-order chi connectivity index (χ1) is 10.2. The van der Waals surface area contributed by atoms with E-state index in [0.29, 0.717) is 32.8 Å². The molecular weight excluding hydrogens is 381 g/mol. The van der Waals surface area contributed by atoms with E-state index >= 15 is 0 Å². The zero-order chi connectivity index (χ0) is 15.1. The number of hydrogen-bond donors (Lipinski definition) is 0. The largest absolute Gasteiger partial charge is 0.385 e. The molecule has 0 saturated heterocycles. The number of aryl methyl sites for hydroxylation is 1. The molecule has 0 spiro atoms. The fourth-order valence-electron chi connectivity index (χ4n) is 2.53. The van der Waals surface area contributed by atoms with Crippen molar-refractivity contribution in [2.75, 3.05) is 38.4 Å². The van der Waals surface area contributed by atoms with Crippen LogP contribution in [0.3, 0.4) is 0 Å². The monoisotopic (exact) mass is 403 g/mol. The van der Waals surface area contributed by atoms with Crippen molar-refractivity contribution >= 4 is 34.2 Å². The maximum atomic E-state index is 12.3. The third kappa shape index (κ3) is 4.93. The Morgan fingerprint density at radius 1 is 1.24 bits per heavy atom. The van der Waals surface area contributed by atoms with Crippen LogP contribution in [0.15, 0.2) is 18.2 Å². The van der Waals surface area contributed by atoms with E-state index in [1.54, 1.807) is 7.11 Å². The molecule has 0 radical (unpaired) electrons. The molecule has 0 bridgehead atoms. The van der Waals surface area contributed by atoms with Gasteiger partial charge in [-0.25, -0.2) is 0 Å². The molecule has 1 aliphatic heterocycles. The molecule has 1 aromatic carbocycles. The van der Waals surface area contributed by atoms with Crippen molar-refractivity contribution in [2.45, 2.75) is 25.7 Å². The van der Waals surface area contributed by atoms with E-state index in [1.807, 2.05) is 4.90 Å². The highest BCUT2D eigenvalue weighted by atomic mass is 127. The number of carbonyl (C=O) groups is 1. The average molecular weight is 403 g/mol. The summed E-state index contributed by atoms with van der Waals surface area (Å²) in [6.07, 6.45) is 3.41. The van der Waals surface area contributed by atoms with Gasteiger partial charge in [-0.15, -0.1) is 0 Å². The Morgan fingerprint density at radius 2 is 2.10 bits per heavy atom. The van der Waals surface area contributed by atoms with Crippen molar-refractivity contribution in [3.05, 3.63) is 27.3 Å². The minimum Gasteiger partial charge on any atom is -0.385 e. The van der Waals surface area contributed by atoms with Gasteiger partial charge in [-0.2, -0.15) is 0 Å². The van der Waals surface area contributed by atoms with Crippen molar-refractivity contribution in [1.82, 2.24) is 0 Å². The topological polar surface area (TPSA) is 38.8 Å². The van der Waals surface area contributed by atoms with Crippen LogP contribution in [0.2, 0.25) is 0 Å². The summed E-state index contributed by atoms with van der Waals surface area (Å²) < 4.78 is 11.8. The van der Waals surface area contributed by atoms with Gasteiger partial charge in [0.1, 0.15) is 0 Å². The van der Waals surface area contributed by atoms with Gasteiger partial charge >= 0.3 is 0 Å². The number of amides is 1. The van der Waals surface area contributed by atoms with Gasteiger partial charge in [0.25, 0.3) is 0 Å². The second-order valence-electron chi connectivity index (χ2n) is 5.13. The number of carbonyl (C=O) groups excluding carboxylic acids is 1. The molecule has 1 aliphatic rings. The fraction of sp³-hybridized carbons (Fsp3) is 0.562. The molecular formula is C16H22INO3. The molecule has 0 aromatic heterocycles. The minimum atomic E-state index is 0.204. The summed E-state index contributed by atoms with van der Waals surface area (Å²) in [7, 11) is 1.69. The van der Waals surface area contributed by atoms with E-state index in [9.17, 15) is 4.79 Å². The lowest BCUT2D eigenvalue weighted by Crippen LogP contribution is -2.33. The lowest BCUT2D eigenvalue weighted by molar-refractivity contribution is -0.118. The van der Waals surface area contributed by atoms with Gasteiger partial charge in [-0.3, -0.25) is 4.79 Å². The molecule has 0 unspecified atom stereocenters. The molecule has 5 heteroatoms. The van der Waals surface area contributed by atoms with Gasteiger partial charge in [0.15, 0.2) is 0 Å². The third-order valence-electron chi connectivity index (χ3n) is 3.57. The third-order valence-corrected chi connectivity index (χ3v) is 4.24. The maximum Gasteiger partial charge on any atom is 0.227 e. The van der Waals surface area contributed by atoms with Gasteiger partial charge in [-0.05, 0) is 65.6 Å². The van der Waals surface area contributed by atoms with Gasteiger partial charge in [0, 0.05) is 42.5 Å². The summed E-state index contributed by atoms with van der Waals surface area (Å²) in [5.74, 6) is 0.204. The number of hydrogen-bond acceptors (Lipinski definition) is 3. The molecule has 1 aromatic rings. The number of methoxy groups -OCH3 is 1. The molecule has 21 heavy (non-hydrogen) atoms. The lowest BCUT2D eigenvalue weighted by Gasteiger charge is -2.23. The number of anilines is 1. The second kappa shape index (κ2) is 8.70. The number of fused-ring (bicyclic) bond motifs is 1. The highest BCUT2D eigenvalue weighted by molar-refractivity contribution is 14.1. The Hall–Kier alpha value is -0.660. The van der Waals surface area contributed by atoms with E-state index in [-0.39, 0.29) is 5.91 Å². The summed E-state index contributed by atoms with van der Waals surface area (Å²) >= 11 is 2.32. The highest BCUT2D eigenvalue weighted by Gasteiger charge is 2.21. The molecule has 0 fully saturated rings. The first-order valence-corrected chi connectivity index (χ1v) is 8.45. The van der Waals surface area contributed by atoms with Crippen LogP contribution in [-0.4, -0.2) is 39.4 Å². The molecule has 2 rings (SSSR count). The van der Waals surface area contributed by atoms with E-state index in [0.717, 1.165) is 24.9 Å². The Morgan fingerprint density at radius 3 is 2.90 bits per heavy atom. The normalized spacial score (nSPS) is 15.0. The van der Waals surface area contributed by atoms with Crippen LogP contribution in [0.25, 0.3) is 0 Å². The fourth-order valence-corrected chi connectivity index (χ4v) is 3.08. The molecule has 4 nitrogen and oxygen atoms in total. The zero-order valence-corrected chi connectivity index (χ0v) is 14.6. The van der Waals surface area contributed by atoms with Crippen molar-refractivity contribution in [3.8, 4) is 0 Å². The molecule has 1 amide bonds. The molecule has 0 aliphatic carbocycles. The number of benzene rings is 1. The zero-order valence-electron chi connectivity index (χ0n) is 12.4. The molecule has 0 atom stereocenters. The van der Waals surface area contributed by atoms with Crippen molar-refractivity contribution < 1.29 is 14.3 Å². The number of halogens is 1. The van der Waals surface area contributed by atoms with Crippen LogP contribution in [0.5, 0.6) is 0 Å². The number of rotatable bonds is 7. The van der Waals surface area contributed by atoms with Crippen molar-refractivity contribution in [1.29, 1.82) is 0 Å². The smallest absolute Gasteiger partial charge is 0.227 e. The number of nitrogens with zero attached hydrogens (tertiary/aromatic N) is 1. The average Bonchev–Trinajstić information content (AvgIpc) is 2.61. The molecule has 1 heterocycles. The molecule has 0 N–H and O–H groups in total. The summed E-state index contributed by atoms with van der Waals surface area (Å²) in [6.45, 7) is 2.58. The standard InChI is InChI=1S/C16H22INO3/c1-20-9-3-10-21-11-8-18-15-7-6-14(17)12-13(15)4-2-5-16(18)19/h6-7,12H,2-5,8-11H2,1H3. The predicted molar refractivity (Wildman–Crippen MR) is 91.8 cm³/mol. The van der Waals surface area contributed by atoms with Gasteiger partial charge in [0.05, 0.1) is 6.61 Å². The van der Waals surface area contributed by atoms with Crippen LogP contribution in [-0.2, 0) is 20.7 Å². The Kier molecular flexibility index (Phi) is 6.92. The van der Waals surface area contributed by atoms with Gasteiger partial charge < -0.3 is 14.4 Å². The van der Waals surface area contributed by atoms with Crippen LogP contribution in [0.1, 0.15) is 24.8 Å². The highest BCUT2D eigenvalue weighted by Crippen LogP contribution is 2.28. The lowest BCUT2D eigenvalue weighted by atomic mass is 10.1. The van der Waals surface area contributed by atoms with E-state index in [1.165, 1.54) is 9.13 Å². The quantitative estimate of drug-likeness (QED) is 0.519. The Bertz CT molecular complexity index is 479. The Balaban J connectivity index is 1.95. The number of ether oxygens (including phenoxy) is 2.